The molecule has 4 nitrogen and oxygen atoms in total. The maximum Gasteiger partial charge on any atom is 0.248 e. The first-order valence-corrected chi connectivity index (χ1v) is 8.72. The number of hydrogen-bond acceptors (Lipinski definition) is 3. The van der Waals surface area contributed by atoms with Crippen molar-refractivity contribution in [1.29, 1.82) is 0 Å². The van der Waals surface area contributed by atoms with Crippen LogP contribution in [0.15, 0.2) is 22.7 Å². The van der Waals surface area contributed by atoms with Crippen LogP contribution in [0, 0.1) is 6.92 Å². The van der Waals surface area contributed by atoms with Gasteiger partial charge in [-0.3, -0.25) is 9.59 Å². The van der Waals surface area contributed by atoms with Gasteiger partial charge in [0, 0.05) is 16.6 Å². The topological polar surface area (TPSA) is 49.4 Å². The fourth-order valence-electron chi connectivity index (χ4n) is 2.95. The largest absolute Gasteiger partial charge is 0.323 e. The fourth-order valence-corrected chi connectivity index (χ4v) is 4.98. The first-order valence-electron chi connectivity index (χ1n) is 6.94. The number of carbonyl (C=O) groups is 2. The second-order valence-corrected chi connectivity index (χ2v) is 8.09. The van der Waals surface area contributed by atoms with E-state index in [1.807, 2.05) is 25.1 Å². The quantitative estimate of drug-likeness (QED) is 0.871. The molecule has 2 fully saturated rings. The second-order valence-electron chi connectivity index (χ2n) is 5.74. The molecule has 1 aromatic carbocycles. The zero-order valence-electron chi connectivity index (χ0n) is 12.0. The van der Waals surface area contributed by atoms with Gasteiger partial charge in [-0.1, -0.05) is 6.07 Å². The van der Waals surface area contributed by atoms with Gasteiger partial charge in [0.05, 0.1) is 10.6 Å². The number of nitrogens with one attached hydrogen (secondary N) is 1. The molecular weight excluding hydrogens is 352 g/mol. The van der Waals surface area contributed by atoms with E-state index >= 15 is 0 Å². The van der Waals surface area contributed by atoms with Crippen LogP contribution in [0.2, 0.25) is 0 Å². The van der Waals surface area contributed by atoms with Crippen molar-refractivity contribution in [1.82, 2.24) is 4.90 Å². The molecule has 0 saturated carbocycles. The van der Waals surface area contributed by atoms with Crippen molar-refractivity contribution in [2.24, 2.45) is 0 Å². The summed E-state index contributed by atoms with van der Waals surface area (Å²) in [5, 5.41) is 2.94. The Morgan fingerprint density at radius 2 is 2.29 bits per heavy atom. The van der Waals surface area contributed by atoms with Gasteiger partial charge in [0.15, 0.2) is 0 Å². The highest BCUT2D eigenvalue weighted by molar-refractivity contribution is 9.10. The molecule has 2 amide bonds. The van der Waals surface area contributed by atoms with E-state index in [2.05, 4.69) is 28.2 Å². The van der Waals surface area contributed by atoms with Crippen LogP contribution in [0.4, 0.5) is 5.69 Å². The van der Waals surface area contributed by atoms with Gasteiger partial charge >= 0.3 is 0 Å². The summed E-state index contributed by atoms with van der Waals surface area (Å²) < 4.78 is 0.858. The SMILES string of the molecule is Cc1ccc(NC(=O)[C@@H]2CS[C@]3(C)CCC(=O)N23)c(Br)c1. The van der Waals surface area contributed by atoms with Gasteiger partial charge in [0.1, 0.15) is 6.04 Å². The summed E-state index contributed by atoms with van der Waals surface area (Å²) in [6.07, 6.45) is 1.37. The highest BCUT2D eigenvalue weighted by Crippen LogP contribution is 2.47. The molecule has 0 aliphatic carbocycles. The van der Waals surface area contributed by atoms with Crippen LogP contribution in [-0.2, 0) is 9.59 Å². The molecule has 0 spiro atoms. The smallest absolute Gasteiger partial charge is 0.248 e. The first kappa shape index (κ1) is 14.9. The molecule has 2 saturated heterocycles. The number of nitrogens with zero attached hydrogens (tertiary/aromatic N) is 1. The third-order valence-corrected chi connectivity index (χ3v) is 6.29. The summed E-state index contributed by atoms with van der Waals surface area (Å²) >= 11 is 5.17. The van der Waals surface area contributed by atoms with Gasteiger partial charge < -0.3 is 10.2 Å². The molecule has 21 heavy (non-hydrogen) atoms. The molecule has 2 aliphatic heterocycles. The molecule has 0 aromatic heterocycles. The minimum Gasteiger partial charge on any atom is -0.323 e. The lowest BCUT2D eigenvalue weighted by Gasteiger charge is -2.29. The van der Waals surface area contributed by atoms with Gasteiger partial charge in [0.25, 0.3) is 0 Å². The third-order valence-electron chi connectivity index (χ3n) is 4.13. The monoisotopic (exact) mass is 368 g/mol. The van der Waals surface area contributed by atoms with E-state index < -0.39 is 0 Å². The molecule has 112 valence electrons. The number of halogens is 1. The number of carbonyl (C=O) groups excluding carboxylic acids is 2. The fraction of sp³-hybridized carbons (Fsp3) is 0.467. The van der Waals surface area contributed by atoms with E-state index in [0.717, 1.165) is 22.1 Å². The second kappa shape index (κ2) is 5.32. The van der Waals surface area contributed by atoms with Crippen LogP contribution in [0.3, 0.4) is 0 Å². The van der Waals surface area contributed by atoms with E-state index in [9.17, 15) is 9.59 Å². The molecule has 1 N–H and O–H groups in total. The molecule has 0 unspecified atom stereocenters. The van der Waals surface area contributed by atoms with Gasteiger partial charge in [0.2, 0.25) is 11.8 Å². The summed E-state index contributed by atoms with van der Waals surface area (Å²) in [6.45, 7) is 4.05. The number of aryl methyl sites for hydroxylation is 1. The van der Waals surface area contributed by atoms with Crippen LogP contribution < -0.4 is 5.32 Å². The zero-order chi connectivity index (χ0) is 15.2. The van der Waals surface area contributed by atoms with Crippen LogP contribution in [0.1, 0.15) is 25.3 Å². The van der Waals surface area contributed by atoms with E-state index in [0.29, 0.717) is 12.2 Å². The lowest BCUT2D eigenvalue weighted by atomic mass is 10.2. The molecule has 2 atom stereocenters. The number of fused-ring (bicyclic) bond motifs is 1. The Kier molecular flexibility index (Phi) is 3.78. The maximum absolute atomic E-state index is 12.5. The Hall–Kier alpha value is -1.01. The van der Waals surface area contributed by atoms with Gasteiger partial charge in [-0.15, -0.1) is 11.8 Å². The summed E-state index contributed by atoms with van der Waals surface area (Å²) in [5.41, 5.74) is 1.87. The number of anilines is 1. The first-order chi connectivity index (χ1) is 9.90. The summed E-state index contributed by atoms with van der Waals surface area (Å²) in [7, 11) is 0. The van der Waals surface area contributed by atoms with Gasteiger partial charge in [-0.25, -0.2) is 0 Å². The average Bonchev–Trinajstić information content (AvgIpc) is 2.90. The van der Waals surface area contributed by atoms with Crippen molar-refractivity contribution in [2.75, 3.05) is 11.1 Å². The van der Waals surface area contributed by atoms with Crippen molar-refractivity contribution in [3.8, 4) is 0 Å². The lowest BCUT2D eigenvalue weighted by molar-refractivity contribution is -0.135. The molecule has 2 aliphatic rings. The Balaban J connectivity index is 1.78. The summed E-state index contributed by atoms with van der Waals surface area (Å²) in [5.74, 6) is 0.647. The van der Waals surface area contributed by atoms with Crippen LogP contribution in [-0.4, -0.2) is 33.4 Å². The molecule has 3 rings (SSSR count). The molecule has 0 bridgehead atoms. The number of rotatable bonds is 2. The van der Waals surface area contributed by atoms with E-state index in [1.165, 1.54) is 0 Å². The zero-order valence-corrected chi connectivity index (χ0v) is 14.4. The van der Waals surface area contributed by atoms with Gasteiger partial charge in [-0.05, 0) is 53.9 Å². The van der Waals surface area contributed by atoms with Crippen molar-refractivity contribution >= 4 is 45.2 Å². The van der Waals surface area contributed by atoms with E-state index in [1.54, 1.807) is 16.7 Å². The predicted molar refractivity (Wildman–Crippen MR) is 88.2 cm³/mol. The number of hydrogen-bond donors (Lipinski definition) is 1. The average molecular weight is 369 g/mol. The Morgan fingerprint density at radius 1 is 1.52 bits per heavy atom. The normalized spacial score (nSPS) is 27.9. The summed E-state index contributed by atoms with van der Waals surface area (Å²) in [6, 6.07) is 5.42. The van der Waals surface area contributed by atoms with Crippen LogP contribution in [0.25, 0.3) is 0 Å². The molecule has 2 heterocycles. The molecule has 1 aromatic rings. The van der Waals surface area contributed by atoms with Crippen LogP contribution in [0.5, 0.6) is 0 Å². The Labute approximate surface area is 136 Å². The standard InChI is InChI=1S/C15H17BrN2O2S/c1-9-3-4-11(10(16)7-9)17-14(20)12-8-21-15(2)6-5-13(19)18(12)15/h3-4,7,12H,5-6,8H2,1-2H3,(H,17,20)/t12-,15+/m0/s1. The number of benzene rings is 1. The van der Waals surface area contributed by atoms with Crippen LogP contribution >= 0.6 is 27.7 Å². The van der Waals surface area contributed by atoms with Gasteiger partial charge in [-0.2, -0.15) is 0 Å². The summed E-state index contributed by atoms with van der Waals surface area (Å²) in [4.78, 5) is 26.2. The number of thioether (sulfide) groups is 1. The predicted octanol–water partition coefficient (Wildman–Crippen LogP) is 3.15. The highest BCUT2D eigenvalue weighted by Gasteiger charge is 2.52. The number of amides is 2. The minimum absolute atomic E-state index is 0.0885. The third kappa shape index (κ3) is 2.59. The molecular formula is C15H17BrN2O2S. The van der Waals surface area contributed by atoms with Crippen molar-refractivity contribution in [2.45, 2.75) is 37.6 Å². The Morgan fingerprint density at radius 3 is 3.00 bits per heavy atom. The Bertz CT molecular complexity index is 622. The lowest BCUT2D eigenvalue weighted by Crippen LogP contribution is -2.48. The van der Waals surface area contributed by atoms with Crippen molar-refractivity contribution in [3.05, 3.63) is 28.2 Å². The van der Waals surface area contributed by atoms with Crippen molar-refractivity contribution < 1.29 is 9.59 Å². The highest BCUT2D eigenvalue weighted by atomic mass is 79.9. The minimum atomic E-state index is -0.372. The van der Waals surface area contributed by atoms with Crippen molar-refractivity contribution in [3.63, 3.8) is 0 Å². The molecule has 6 heteroatoms. The molecule has 0 radical (unpaired) electrons. The van der Waals surface area contributed by atoms with E-state index in [-0.39, 0.29) is 22.7 Å². The van der Waals surface area contributed by atoms with E-state index in [4.69, 9.17) is 0 Å². The maximum atomic E-state index is 12.5.